The molecule has 0 amide bonds. The molecule has 0 heteroatoms. The summed E-state index contributed by atoms with van der Waals surface area (Å²) in [4.78, 5) is 0. The van der Waals surface area contributed by atoms with Gasteiger partial charge in [0.1, 0.15) is 0 Å². The molecule has 0 nitrogen and oxygen atoms in total. The van der Waals surface area contributed by atoms with Gasteiger partial charge in [-0.1, -0.05) is 91.0 Å². The van der Waals surface area contributed by atoms with Crippen LogP contribution in [0.5, 0.6) is 0 Å². The summed E-state index contributed by atoms with van der Waals surface area (Å²) in [7, 11) is 0. The molecule has 0 aliphatic heterocycles. The van der Waals surface area contributed by atoms with E-state index in [9.17, 15) is 0 Å². The van der Waals surface area contributed by atoms with Gasteiger partial charge in [0.15, 0.2) is 0 Å². The fourth-order valence-electron chi connectivity index (χ4n) is 5.78. The van der Waals surface area contributed by atoms with Gasteiger partial charge in [0.2, 0.25) is 0 Å². The molecule has 3 aliphatic carbocycles. The van der Waals surface area contributed by atoms with E-state index in [0.29, 0.717) is 0 Å². The fourth-order valence-corrected chi connectivity index (χ4v) is 5.78. The molecule has 0 heterocycles. The minimum atomic E-state index is -0.0954. The lowest BCUT2D eigenvalue weighted by Gasteiger charge is -2.35. The summed E-state index contributed by atoms with van der Waals surface area (Å²) >= 11 is 0. The minimum Gasteiger partial charge on any atom is -0.0794 e. The van der Waals surface area contributed by atoms with Crippen LogP contribution >= 0.6 is 0 Å². The number of hydrogen-bond acceptors (Lipinski definition) is 0. The van der Waals surface area contributed by atoms with E-state index in [1.54, 1.807) is 5.57 Å². The number of hydrogen-bond donors (Lipinski definition) is 0. The topological polar surface area (TPSA) is 0 Å². The SMILES string of the molecule is C1=C2C=c3ccc4ccccc4c3=CC23C=c2c(ccc4ccccc24)=C3CC1. The van der Waals surface area contributed by atoms with E-state index in [-0.39, 0.29) is 5.41 Å². The number of benzene rings is 4. The van der Waals surface area contributed by atoms with Crippen LogP contribution in [0.2, 0.25) is 0 Å². The summed E-state index contributed by atoms with van der Waals surface area (Å²) in [6, 6.07) is 26.8. The number of fused-ring (bicyclic) bond motifs is 6. The van der Waals surface area contributed by atoms with Gasteiger partial charge in [0, 0.05) is 0 Å². The van der Waals surface area contributed by atoms with E-state index < -0.39 is 0 Å². The number of rotatable bonds is 0. The third-order valence-corrected chi connectivity index (χ3v) is 7.09. The smallest absolute Gasteiger partial charge is 0.0547 e. The molecule has 3 aliphatic rings. The molecule has 0 saturated heterocycles. The summed E-state index contributed by atoms with van der Waals surface area (Å²) in [5.74, 6) is 0. The van der Waals surface area contributed by atoms with Gasteiger partial charge in [-0.25, -0.2) is 0 Å². The fraction of sp³-hybridized carbons (Fsp3) is 0.103. The average Bonchev–Trinajstić information content (AvgIpc) is 3.11. The first-order valence-electron chi connectivity index (χ1n) is 10.5. The first-order valence-corrected chi connectivity index (χ1v) is 10.5. The Morgan fingerprint density at radius 2 is 1.34 bits per heavy atom. The minimum absolute atomic E-state index is 0.0954. The molecule has 0 bridgehead atoms. The Labute approximate surface area is 169 Å². The average molecular weight is 368 g/mol. The van der Waals surface area contributed by atoms with Crippen LogP contribution < -0.4 is 20.9 Å². The molecule has 0 aromatic heterocycles. The molecule has 1 spiro atoms. The Hall–Kier alpha value is -3.38. The summed E-state index contributed by atoms with van der Waals surface area (Å²) in [5, 5.41) is 11.0. The molecule has 4 aromatic rings. The van der Waals surface area contributed by atoms with Crippen LogP contribution in [-0.4, -0.2) is 0 Å². The first kappa shape index (κ1) is 15.5. The van der Waals surface area contributed by atoms with Crippen LogP contribution in [0.3, 0.4) is 0 Å². The zero-order valence-corrected chi connectivity index (χ0v) is 16.2. The molecule has 0 N–H and O–H groups in total. The van der Waals surface area contributed by atoms with Crippen molar-refractivity contribution in [3.05, 3.63) is 105 Å². The molecule has 1 unspecified atom stereocenters. The van der Waals surface area contributed by atoms with Gasteiger partial charge in [0.05, 0.1) is 5.41 Å². The van der Waals surface area contributed by atoms with E-state index in [1.165, 1.54) is 48.0 Å². The van der Waals surface area contributed by atoms with E-state index in [1.807, 2.05) is 0 Å². The van der Waals surface area contributed by atoms with Crippen LogP contribution in [0.25, 0.3) is 45.3 Å². The van der Waals surface area contributed by atoms with E-state index in [2.05, 4.69) is 97.1 Å². The second-order valence-electron chi connectivity index (χ2n) is 8.52. The standard InChI is InChI=1S/C29H20/c1-3-9-23-19(6-1)12-13-21-16-22-8-5-11-28-25-15-14-20-7-2-4-10-24(20)27(25)18-29(22,28)17-26(21)23/h1-4,6-10,12-18H,5,11H2. The number of allylic oxidation sites excluding steroid dienone is 2. The third kappa shape index (κ3) is 1.94. The normalized spacial score (nSPS) is 21.2. The summed E-state index contributed by atoms with van der Waals surface area (Å²) < 4.78 is 0. The predicted molar refractivity (Wildman–Crippen MR) is 123 cm³/mol. The van der Waals surface area contributed by atoms with Crippen molar-refractivity contribution in [3.8, 4) is 0 Å². The van der Waals surface area contributed by atoms with Crippen LogP contribution in [0.1, 0.15) is 12.8 Å². The van der Waals surface area contributed by atoms with E-state index >= 15 is 0 Å². The Bertz CT molecular complexity index is 1650. The zero-order chi connectivity index (χ0) is 19.0. The molecule has 4 aromatic carbocycles. The van der Waals surface area contributed by atoms with Gasteiger partial charge >= 0.3 is 0 Å². The highest BCUT2D eigenvalue weighted by molar-refractivity contribution is 5.96. The highest BCUT2D eigenvalue weighted by Crippen LogP contribution is 2.48. The van der Waals surface area contributed by atoms with Crippen LogP contribution in [-0.2, 0) is 0 Å². The lowest BCUT2D eigenvalue weighted by molar-refractivity contribution is 0.803. The largest absolute Gasteiger partial charge is 0.0794 e. The Balaban J connectivity index is 1.68. The van der Waals surface area contributed by atoms with Crippen LogP contribution in [0.15, 0.2) is 84.4 Å². The van der Waals surface area contributed by atoms with Crippen molar-refractivity contribution in [1.29, 1.82) is 0 Å². The Kier molecular flexibility index (Phi) is 2.87. The molecule has 0 radical (unpaired) electrons. The second-order valence-corrected chi connectivity index (χ2v) is 8.52. The highest BCUT2D eigenvalue weighted by Gasteiger charge is 2.39. The molecular formula is C29H20. The van der Waals surface area contributed by atoms with Crippen LogP contribution in [0, 0.1) is 5.41 Å². The molecule has 7 rings (SSSR count). The van der Waals surface area contributed by atoms with Gasteiger partial charge in [-0.3, -0.25) is 0 Å². The lowest BCUT2D eigenvalue weighted by atomic mass is 9.67. The third-order valence-electron chi connectivity index (χ3n) is 7.09. The summed E-state index contributed by atoms with van der Waals surface area (Å²) in [5.41, 5.74) is 2.93. The molecule has 29 heavy (non-hydrogen) atoms. The quantitative estimate of drug-likeness (QED) is 0.441. The van der Waals surface area contributed by atoms with Crippen molar-refractivity contribution in [2.24, 2.45) is 5.41 Å². The summed E-state index contributed by atoms with van der Waals surface area (Å²) in [6.45, 7) is 0. The van der Waals surface area contributed by atoms with Gasteiger partial charge < -0.3 is 0 Å². The maximum absolute atomic E-state index is 2.56. The van der Waals surface area contributed by atoms with Crippen molar-refractivity contribution >= 4 is 45.3 Å². The predicted octanol–water partition coefficient (Wildman–Crippen LogP) is 3.92. The van der Waals surface area contributed by atoms with Crippen LogP contribution in [0.4, 0.5) is 0 Å². The van der Waals surface area contributed by atoms with Gasteiger partial charge in [-0.05, 0) is 72.5 Å². The molecule has 0 saturated carbocycles. The van der Waals surface area contributed by atoms with Gasteiger partial charge in [-0.15, -0.1) is 0 Å². The van der Waals surface area contributed by atoms with Crippen molar-refractivity contribution < 1.29 is 0 Å². The molecular weight excluding hydrogens is 348 g/mol. The Morgan fingerprint density at radius 3 is 2.17 bits per heavy atom. The van der Waals surface area contributed by atoms with Crippen molar-refractivity contribution in [1.82, 2.24) is 0 Å². The van der Waals surface area contributed by atoms with Gasteiger partial charge in [-0.2, -0.15) is 0 Å². The van der Waals surface area contributed by atoms with E-state index in [0.717, 1.165) is 12.8 Å². The maximum atomic E-state index is 2.56. The van der Waals surface area contributed by atoms with Crippen molar-refractivity contribution in [3.63, 3.8) is 0 Å². The maximum Gasteiger partial charge on any atom is 0.0547 e. The lowest BCUT2D eigenvalue weighted by Crippen LogP contribution is -2.36. The molecule has 1 atom stereocenters. The second kappa shape index (κ2) is 5.36. The van der Waals surface area contributed by atoms with Crippen molar-refractivity contribution in [2.75, 3.05) is 0 Å². The monoisotopic (exact) mass is 368 g/mol. The molecule has 136 valence electrons. The Morgan fingerprint density at radius 1 is 0.655 bits per heavy atom. The highest BCUT2D eigenvalue weighted by atomic mass is 14.4. The molecule has 0 fully saturated rings. The van der Waals surface area contributed by atoms with E-state index in [4.69, 9.17) is 0 Å². The first-order chi connectivity index (χ1) is 14.3. The zero-order valence-electron chi connectivity index (χ0n) is 16.2. The summed E-state index contributed by atoms with van der Waals surface area (Å²) in [6.07, 6.45) is 12.3. The van der Waals surface area contributed by atoms with Crippen molar-refractivity contribution in [2.45, 2.75) is 12.8 Å². The van der Waals surface area contributed by atoms with Gasteiger partial charge in [0.25, 0.3) is 0 Å².